The molecule has 1 N–H and O–H groups in total. The van der Waals surface area contributed by atoms with Gasteiger partial charge < -0.3 is 14.8 Å². The molecular formula is C26H30FN3O. The normalized spacial score (nSPS) is 14.5. The van der Waals surface area contributed by atoms with Gasteiger partial charge >= 0.3 is 0 Å². The number of aromatic nitrogens is 1. The molecule has 2 heterocycles. The van der Waals surface area contributed by atoms with E-state index in [0.717, 1.165) is 42.3 Å². The number of likely N-dealkylation sites (tertiary alicyclic amines) is 1. The number of carbonyl (C=O) groups excluding carboxylic acids is 1. The highest BCUT2D eigenvalue weighted by atomic mass is 19.1. The van der Waals surface area contributed by atoms with Crippen LogP contribution < -0.4 is 5.32 Å². The van der Waals surface area contributed by atoms with Crippen LogP contribution in [0, 0.1) is 19.7 Å². The summed E-state index contributed by atoms with van der Waals surface area (Å²) in [7, 11) is 0. The van der Waals surface area contributed by atoms with E-state index in [1.165, 1.54) is 37.0 Å². The van der Waals surface area contributed by atoms with Crippen LogP contribution in [0.3, 0.4) is 0 Å². The van der Waals surface area contributed by atoms with E-state index in [4.69, 9.17) is 0 Å². The van der Waals surface area contributed by atoms with E-state index in [2.05, 4.69) is 26.9 Å². The molecule has 3 aromatic rings. The average molecular weight is 420 g/mol. The van der Waals surface area contributed by atoms with E-state index in [9.17, 15) is 9.18 Å². The SMILES string of the molecule is Cc1ccc(-n2c(-c3ccc(F)cc3)cc(C(=O)NCCN3CCCCC3)c2C)cc1. The van der Waals surface area contributed by atoms with Gasteiger partial charge in [-0.05, 0) is 87.8 Å². The van der Waals surface area contributed by atoms with Crippen LogP contribution in [-0.4, -0.2) is 41.6 Å². The lowest BCUT2D eigenvalue weighted by molar-refractivity contribution is 0.0946. The lowest BCUT2D eigenvalue weighted by atomic mass is 10.1. The van der Waals surface area contributed by atoms with Gasteiger partial charge in [0.05, 0.1) is 11.3 Å². The summed E-state index contributed by atoms with van der Waals surface area (Å²) in [5.41, 5.74) is 5.43. The van der Waals surface area contributed by atoms with Gasteiger partial charge in [-0.25, -0.2) is 4.39 Å². The maximum atomic E-state index is 13.5. The molecule has 162 valence electrons. The molecule has 4 nitrogen and oxygen atoms in total. The third-order valence-corrected chi connectivity index (χ3v) is 6.09. The van der Waals surface area contributed by atoms with E-state index in [-0.39, 0.29) is 11.7 Å². The Labute approximate surface area is 183 Å². The molecule has 31 heavy (non-hydrogen) atoms. The fourth-order valence-corrected chi connectivity index (χ4v) is 4.30. The largest absolute Gasteiger partial charge is 0.351 e. The quantitative estimate of drug-likeness (QED) is 0.602. The Kier molecular flexibility index (Phi) is 6.52. The fourth-order valence-electron chi connectivity index (χ4n) is 4.30. The third-order valence-electron chi connectivity index (χ3n) is 6.09. The van der Waals surface area contributed by atoms with Crippen molar-refractivity contribution in [2.24, 2.45) is 0 Å². The van der Waals surface area contributed by atoms with Gasteiger partial charge in [-0.15, -0.1) is 0 Å². The molecule has 0 radical (unpaired) electrons. The molecule has 0 spiro atoms. The van der Waals surface area contributed by atoms with Crippen LogP contribution in [0.5, 0.6) is 0 Å². The predicted octanol–water partition coefficient (Wildman–Crippen LogP) is 5.12. The summed E-state index contributed by atoms with van der Waals surface area (Å²) < 4.78 is 15.6. The minimum absolute atomic E-state index is 0.0660. The van der Waals surface area contributed by atoms with Crippen molar-refractivity contribution in [1.82, 2.24) is 14.8 Å². The predicted molar refractivity (Wildman–Crippen MR) is 123 cm³/mol. The molecule has 1 amide bonds. The Balaban J connectivity index is 1.61. The molecule has 4 rings (SSSR count). The molecule has 0 atom stereocenters. The maximum Gasteiger partial charge on any atom is 0.253 e. The summed E-state index contributed by atoms with van der Waals surface area (Å²) in [6, 6.07) is 16.5. The smallest absolute Gasteiger partial charge is 0.253 e. The highest BCUT2D eigenvalue weighted by molar-refractivity contribution is 5.97. The summed E-state index contributed by atoms with van der Waals surface area (Å²) in [5, 5.41) is 3.09. The van der Waals surface area contributed by atoms with E-state index in [0.29, 0.717) is 12.1 Å². The van der Waals surface area contributed by atoms with Crippen LogP contribution in [0.15, 0.2) is 54.6 Å². The monoisotopic (exact) mass is 419 g/mol. The number of halogens is 1. The zero-order valence-corrected chi connectivity index (χ0v) is 18.3. The number of piperidine rings is 1. The molecular weight excluding hydrogens is 389 g/mol. The van der Waals surface area contributed by atoms with Gasteiger partial charge in [0.25, 0.3) is 5.91 Å². The van der Waals surface area contributed by atoms with Crippen molar-refractivity contribution in [3.63, 3.8) is 0 Å². The van der Waals surface area contributed by atoms with Crippen molar-refractivity contribution in [2.45, 2.75) is 33.1 Å². The van der Waals surface area contributed by atoms with Crippen molar-refractivity contribution in [1.29, 1.82) is 0 Å². The topological polar surface area (TPSA) is 37.3 Å². The van der Waals surface area contributed by atoms with E-state index >= 15 is 0 Å². The summed E-state index contributed by atoms with van der Waals surface area (Å²) in [6.45, 7) is 7.77. The number of hydrogen-bond donors (Lipinski definition) is 1. The van der Waals surface area contributed by atoms with Crippen LogP contribution >= 0.6 is 0 Å². The molecule has 0 saturated carbocycles. The van der Waals surface area contributed by atoms with Crippen LogP contribution in [0.1, 0.15) is 40.9 Å². The molecule has 1 aliphatic heterocycles. The molecule has 0 bridgehead atoms. The molecule has 1 fully saturated rings. The molecule has 5 heteroatoms. The third kappa shape index (κ3) is 4.88. The van der Waals surface area contributed by atoms with Gasteiger partial charge in [0.15, 0.2) is 0 Å². The lowest BCUT2D eigenvalue weighted by Crippen LogP contribution is -2.37. The van der Waals surface area contributed by atoms with Crippen molar-refractivity contribution >= 4 is 5.91 Å². The van der Waals surface area contributed by atoms with Crippen LogP contribution in [-0.2, 0) is 0 Å². The second-order valence-corrected chi connectivity index (χ2v) is 8.36. The van der Waals surface area contributed by atoms with Crippen LogP contribution in [0.4, 0.5) is 4.39 Å². The second kappa shape index (κ2) is 9.48. The number of nitrogens with zero attached hydrogens (tertiary/aromatic N) is 2. The average Bonchev–Trinajstić information content (AvgIpc) is 3.13. The molecule has 1 saturated heterocycles. The Morgan fingerprint density at radius 1 is 0.968 bits per heavy atom. The van der Waals surface area contributed by atoms with Gasteiger partial charge in [0.1, 0.15) is 5.82 Å². The summed E-state index contributed by atoms with van der Waals surface area (Å²) in [6.07, 6.45) is 3.79. The second-order valence-electron chi connectivity index (χ2n) is 8.36. The number of benzene rings is 2. The summed E-state index contributed by atoms with van der Waals surface area (Å²) in [5.74, 6) is -0.340. The number of nitrogens with one attached hydrogen (secondary N) is 1. The van der Waals surface area contributed by atoms with Crippen molar-refractivity contribution in [3.8, 4) is 16.9 Å². The molecule has 0 unspecified atom stereocenters. The Morgan fingerprint density at radius 3 is 2.32 bits per heavy atom. The Bertz CT molecular complexity index is 1030. The first kappa shape index (κ1) is 21.3. The first-order valence-electron chi connectivity index (χ1n) is 11.1. The fraction of sp³-hybridized carbons (Fsp3) is 0.346. The summed E-state index contributed by atoms with van der Waals surface area (Å²) in [4.78, 5) is 15.5. The number of amides is 1. The van der Waals surface area contributed by atoms with Gasteiger partial charge in [0, 0.05) is 24.5 Å². The minimum Gasteiger partial charge on any atom is -0.351 e. The number of carbonyl (C=O) groups is 1. The van der Waals surface area contributed by atoms with E-state index in [1.54, 1.807) is 12.1 Å². The van der Waals surface area contributed by atoms with Gasteiger partial charge in [-0.3, -0.25) is 4.79 Å². The zero-order valence-electron chi connectivity index (χ0n) is 18.3. The number of rotatable bonds is 6. The van der Waals surface area contributed by atoms with Crippen molar-refractivity contribution < 1.29 is 9.18 Å². The van der Waals surface area contributed by atoms with Gasteiger partial charge in [0.2, 0.25) is 0 Å². The number of aryl methyl sites for hydroxylation is 1. The van der Waals surface area contributed by atoms with Gasteiger partial charge in [-0.2, -0.15) is 0 Å². The van der Waals surface area contributed by atoms with Gasteiger partial charge in [-0.1, -0.05) is 24.1 Å². The first-order valence-corrected chi connectivity index (χ1v) is 11.1. The Morgan fingerprint density at radius 2 is 1.65 bits per heavy atom. The van der Waals surface area contributed by atoms with Crippen molar-refractivity contribution in [2.75, 3.05) is 26.2 Å². The molecule has 2 aromatic carbocycles. The standard InChI is InChI=1S/C26H30FN3O/c1-19-6-12-23(13-7-19)30-20(2)24(18-25(30)21-8-10-22(27)11-9-21)26(31)28-14-17-29-15-4-3-5-16-29/h6-13,18H,3-5,14-17H2,1-2H3,(H,28,31). The maximum absolute atomic E-state index is 13.5. The molecule has 0 aliphatic carbocycles. The van der Waals surface area contributed by atoms with E-state index in [1.807, 2.05) is 32.0 Å². The lowest BCUT2D eigenvalue weighted by Gasteiger charge is -2.26. The minimum atomic E-state index is -0.274. The van der Waals surface area contributed by atoms with E-state index < -0.39 is 0 Å². The van der Waals surface area contributed by atoms with Crippen LogP contribution in [0.25, 0.3) is 16.9 Å². The number of hydrogen-bond acceptors (Lipinski definition) is 2. The molecule has 1 aliphatic rings. The Hall–Kier alpha value is -2.92. The highest BCUT2D eigenvalue weighted by Gasteiger charge is 2.20. The zero-order chi connectivity index (χ0) is 21.8. The highest BCUT2D eigenvalue weighted by Crippen LogP contribution is 2.30. The van der Waals surface area contributed by atoms with Crippen LogP contribution in [0.2, 0.25) is 0 Å². The summed E-state index contributed by atoms with van der Waals surface area (Å²) >= 11 is 0. The van der Waals surface area contributed by atoms with Crippen molar-refractivity contribution in [3.05, 3.63) is 77.2 Å². The first-order chi connectivity index (χ1) is 15.0. The molecule has 1 aromatic heterocycles.